The lowest BCUT2D eigenvalue weighted by molar-refractivity contribution is -0.219. The van der Waals surface area contributed by atoms with Crippen LogP contribution in [0.1, 0.15) is 34.1 Å². The smallest absolute Gasteiger partial charge is 0.162 e. The number of methoxy groups -OCH3 is 1. The first-order chi connectivity index (χ1) is 4.52. The van der Waals surface area contributed by atoms with Crippen LogP contribution in [0, 0.1) is 0 Å². The summed E-state index contributed by atoms with van der Waals surface area (Å²) in [5.41, 5.74) is 0. The molecule has 0 aliphatic carbocycles. The molecule has 0 rings (SSSR count). The van der Waals surface area contributed by atoms with Crippen LogP contribution >= 0.6 is 0 Å². The van der Waals surface area contributed by atoms with E-state index in [1.165, 1.54) is 0 Å². The maximum atomic E-state index is 5.51. The van der Waals surface area contributed by atoms with Crippen molar-refractivity contribution in [1.82, 2.24) is 0 Å². The molecule has 0 bridgehead atoms. The maximum Gasteiger partial charge on any atom is 0.162 e. The third-order valence-corrected chi connectivity index (χ3v) is 1.55. The Bertz CT molecular complexity index is 89.3. The zero-order valence-electron chi connectivity index (χ0n) is 7.60. The monoisotopic (exact) mass is 146 g/mol. The van der Waals surface area contributed by atoms with E-state index in [0.29, 0.717) is 0 Å². The molecule has 0 amide bonds. The van der Waals surface area contributed by atoms with Gasteiger partial charge in [0.2, 0.25) is 0 Å². The van der Waals surface area contributed by atoms with Gasteiger partial charge in [0.1, 0.15) is 0 Å². The van der Waals surface area contributed by atoms with Gasteiger partial charge in [-0.3, -0.25) is 0 Å². The minimum absolute atomic E-state index is 0.273. The van der Waals surface area contributed by atoms with Crippen molar-refractivity contribution in [2.75, 3.05) is 7.11 Å². The molecule has 0 aromatic carbocycles. The van der Waals surface area contributed by atoms with E-state index >= 15 is 0 Å². The van der Waals surface area contributed by atoms with Gasteiger partial charge in [0.05, 0.1) is 6.10 Å². The van der Waals surface area contributed by atoms with Gasteiger partial charge in [-0.15, -0.1) is 0 Å². The Morgan fingerprint density at radius 1 is 1.40 bits per heavy atom. The predicted molar refractivity (Wildman–Crippen MR) is 41.9 cm³/mol. The fraction of sp³-hybridized carbons (Fsp3) is 1.00. The van der Waals surface area contributed by atoms with Crippen molar-refractivity contribution in [3.8, 4) is 0 Å². The van der Waals surface area contributed by atoms with E-state index in [1.54, 1.807) is 7.11 Å². The van der Waals surface area contributed by atoms with Gasteiger partial charge in [-0.2, -0.15) is 0 Å². The summed E-state index contributed by atoms with van der Waals surface area (Å²) in [6.07, 6.45) is 1.29. The number of ether oxygens (including phenoxy) is 2. The largest absolute Gasteiger partial charge is 0.354 e. The molecule has 0 fully saturated rings. The summed E-state index contributed by atoms with van der Waals surface area (Å²) >= 11 is 0. The molecule has 0 radical (unpaired) electrons. The van der Waals surface area contributed by atoms with Crippen LogP contribution in [0.2, 0.25) is 0 Å². The molecule has 2 nitrogen and oxygen atoms in total. The SMILES string of the molecule is CCC(C)OC(C)(C)OC. The van der Waals surface area contributed by atoms with Gasteiger partial charge < -0.3 is 9.47 Å². The van der Waals surface area contributed by atoms with Gasteiger partial charge in [-0.1, -0.05) is 6.92 Å². The Hall–Kier alpha value is -0.0800. The molecule has 62 valence electrons. The summed E-state index contributed by atoms with van der Waals surface area (Å²) < 4.78 is 10.6. The predicted octanol–water partition coefficient (Wildman–Crippen LogP) is 2.18. The molecule has 0 saturated carbocycles. The van der Waals surface area contributed by atoms with Crippen molar-refractivity contribution in [2.24, 2.45) is 0 Å². The summed E-state index contributed by atoms with van der Waals surface area (Å²) in [4.78, 5) is 0. The Morgan fingerprint density at radius 2 is 1.90 bits per heavy atom. The van der Waals surface area contributed by atoms with E-state index in [-0.39, 0.29) is 6.10 Å². The van der Waals surface area contributed by atoms with Gasteiger partial charge in [-0.05, 0) is 27.2 Å². The molecule has 0 heterocycles. The lowest BCUT2D eigenvalue weighted by atomic mass is 10.3. The van der Waals surface area contributed by atoms with E-state index in [9.17, 15) is 0 Å². The first kappa shape index (κ1) is 9.92. The van der Waals surface area contributed by atoms with Crippen LogP contribution in [0.3, 0.4) is 0 Å². The van der Waals surface area contributed by atoms with E-state index in [0.717, 1.165) is 6.42 Å². The lowest BCUT2D eigenvalue weighted by Gasteiger charge is -2.26. The Balaban J connectivity index is 3.64. The van der Waals surface area contributed by atoms with Crippen LogP contribution in [0.5, 0.6) is 0 Å². The Kier molecular flexibility index (Phi) is 3.91. The summed E-state index contributed by atoms with van der Waals surface area (Å²) in [5, 5.41) is 0. The van der Waals surface area contributed by atoms with E-state index in [2.05, 4.69) is 6.92 Å². The van der Waals surface area contributed by atoms with Gasteiger partial charge in [-0.25, -0.2) is 0 Å². The molecular formula is C8H18O2. The zero-order valence-corrected chi connectivity index (χ0v) is 7.60. The number of rotatable bonds is 4. The Labute approximate surface area is 63.5 Å². The van der Waals surface area contributed by atoms with Gasteiger partial charge in [0, 0.05) is 7.11 Å². The second-order valence-corrected chi connectivity index (χ2v) is 2.94. The van der Waals surface area contributed by atoms with Crippen LogP contribution in [-0.4, -0.2) is 19.0 Å². The first-order valence-corrected chi connectivity index (χ1v) is 3.74. The van der Waals surface area contributed by atoms with E-state index in [1.807, 2.05) is 20.8 Å². The summed E-state index contributed by atoms with van der Waals surface area (Å²) in [5.74, 6) is -0.435. The van der Waals surface area contributed by atoms with Crippen molar-refractivity contribution >= 4 is 0 Å². The van der Waals surface area contributed by atoms with Crippen molar-refractivity contribution < 1.29 is 9.47 Å². The fourth-order valence-corrected chi connectivity index (χ4v) is 0.616. The van der Waals surface area contributed by atoms with Crippen LogP contribution in [0.25, 0.3) is 0 Å². The first-order valence-electron chi connectivity index (χ1n) is 3.74. The second kappa shape index (κ2) is 3.94. The molecule has 0 aliphatic rings. The normalized spacial score (nSPS) is 15.3. The second-order valence-electron chi connectivity index (χ2n) is 2.94. The molecule has 0 aromatic rings. The lowest BCUT2D eigenvalue weighted by Crippen LogP contribution is -2.30. The summed E-state index contributed by atoms with van der Waals surface area (Å²) in [6, 6.07) is 0. The topological polar surface area (TPSA) is 18.5 Å². The van der Waals surface area contributed by atoms with Crippen molar-refractivity contribution in [3.63, 3.8) is 0 Å². The highest BCUT2D eigenvalue weighted by Crippen LogP contribution is 2.13. The maximum absolute atomic E-state index is 5.51. The molecular weight excluding hydrogens is 128 g/mol. The quantitative estimate of drug-likeness (QED) is 0.566. The zero-order chi connectivity index (χ0) is 8.20. The van der Waals surface area contributed by atoms with E-state index in [4.69, 9.17) is 9.47 Å². The molecule has 0 saturated heterocycles. The molecule has 0 spiro atoms. The molecule has 0 aromatic heterocycles. The third-order valence-electron chi connectivity index (χ3n) is 1.55. The highest BCUT2D eigenvalue weighted by atomic mass is 16.7. The fourth-order valence-electron chi connectivity index (χ4n) is 0.616. The number of hydrogen-bond acceptors (Lipinski definition) is 2. The minimum Gasteiger partial charge on any atom is -0.354 e. The molecule has 10 heavy (non-hydrogen) atoms. The third kappa shape index (κ3) is 3.85. The minimum atomic E-state index is -0.435. The van der Waals surface area contributed by atoms with Crippen LogP contribution in [-0.2, 0) is 9.47 Å². The van der Waals surface area contributed by atoms with Crippen LogP contribution < -0.4 is 0 Å². The van der Waals surface area contributed by atoms with Crippen molar-refractivity contribution in [3.05, 3.63) is 0 Å². The van der Waals surface area contributed by atoms with Crippen LogP contribution in [0.15, 0.2) is 0 Å². The average Bonchev–Trinajstić information content (AvgIpc) is 1.87. The van der Waals surface area contributed by atoms with Crippen molar-refractivity contribution in [1.29, 1.82) is 0 Å². The average molecular weight is 146 g/mol. The van der Waals surface area contributed by atoms with Crippen molar-refractivity contribution in [2.45, 2.75) is 46.0 Å². The van der Waals surface area contributed by atoms with Crippen LogP contribution in [0.4, 0.5) is 0 Å². The highest BCUT2D eigenvalue weighted by Gasteiger charge is 2.18. The van der Waals surface area contributed by atoms with Gasteiger partial charge >= 0.3 is 0 Å². The summed E-state index contributed by atoms with van der Waals surface area (Å²) in [7, 11) is 1.66. The standard InChI is InChI=1S/C8H18O2/c1-6-7(2)10-8(3,4)9-5/h7H,6H2,1-5H3. The van der Waals surface area contributed by atoms with Gasteiger partial charge in [0.15, 0.2) is 5.79 Å². The molecule has 1 unspecified atom stereocenters. The van der Waals surface area contributed by atoms with E-state index < -0.39 is 5.79 Å². The van der Waals surface area contributed by atoms with Gasteiger partial charge in [0.25, 0.3) is 0 Å². The number of hydrogen-bond donors (Lipinski definition) is 0. The summed E-state index contributed by atoms with van der Waals surface area (Å²) in [6.45, 7) is 7.97. The molecule has 2 heteroatoms. The molecule has 1 atom stereocenters. The Morgan fingerprint density at radius 3 is 2.20 bits per heavy atom. The highest BCUT2D eigenvalue weighted by molar-refractivity contribution is 4.55. The molecule has 0 aliphatic heterocycles. The molecule has 0 N–H and O–H groups in total.